The van der Waals surface area contributed by atoms with Gasteiger partial charge in [0.15, 0.2) is 0 Å². The number of hydrogen-bond donors (Lipinski definition) is 1. The van der Waals surface area contributed by atoms with E-state index in [0.29, 0.717) is 17.6 Å². The topological polar surface area (TPSA) is 37.3 Å². The van der Waals surface area contributed by atoms with Gasteiger partial charge in [0.2, 0.25) is 0 Å². The second kappa shape index (κ2) is 5.81. The minimum Gasteiger partial charge on any atom is -0.396 e. The summed E-state index contributed by atoms with van der Waals surface area (Å²) in [5.74, 6) is 1.38. The number of carbonyl (C=O) groups is 1. The molecule has 2 aliphatic carbocycles. The molecule has 16 heavy (non-hydrogen) atoms. The van der Waals surface area contributed by atoms with Gasteiger partial charge in [-0.2, -0.15) is 0 Å². The molecular weight excluding hydrogens is 200 g/mol. The molecule has 0 aliphatic heterocycles. The molecule has 0 heterocycles. The Labute approximate surface area is 99.4 Å². The van der Waals surface area contributed by atoms with Gasteiger partial charge in [-0.15, -0.1) is 0 Å². The molecule has 2 heteroatoms. The standard InChI is InChI=1S/C12H20O2.C2H6/c1-12-7-2-3-11(14)10(12)5-4-9(12)6-8-13;1-2/h9-10,13H,2-8H2,1H3;1-2H3. The van der Waals surface area contributed by atoms with Gasteiger partial charge in [-0.3, -0.25) is 4.79 Å². The van der Waals surface area contributed by atoms with Gasteiger partial charge in [0.05, 0.1) is 0 Å². The zero-order chi connectivity index (χ0) is 12.2. The normalized spacial score (nSPS) is 37.6. The van der Waals surface area contributed by atoms with Gasteiger partial charge in [-0.05, 0) is 43.4 Å². The van der Waals surface area contributed by atoms with Crippen LogP contribution in [0.5, 0.6) is 0 Å². The number of rotatable bonds is 2. The fraction of sp³-hybridized carbons (Fsp3) is 0.929. The van der Waals surface area contributed by atoms with E-state index in [2.05, 4.69) is 6.92 Å². The largest absolute Gasteiger partial charge is 0.396 e. The average molecular weight is 226 g/mol. The van der Waals surface area contributed by atoms with E-state index in [0.717, 1.165) is 32.1 Å². The van der Waals surface area contributed by atoms with Crippen LogP contribution < -0.4 is 0 Å². The molecule has 2 rings (SSSR count). The van der Waals surface area contributed by atoms with E-state index in [1.54, 1.807) is 0 Å². The highest BCUT2D eigenvalue weighted by molar-refractivity contribution is 5.83. The first kappa shape index (κ1) is 13.7. The second-order valence-corrected chi connectivity index (χ2v) is 5.16. The van der Waals surface area contributed by atoms with Crippen molar-refractivity contribution in [3.8, 4) is 0 Å². The molecule has 3 unspecified atom stereocenters. The average Bonchev–Trinajstić information content (AvgIpc) is 2.61. The second-order valence-electron chi connectivity index (χ2n) is 5.16. The summed E-state index contributed by atoms with van der Waals surface area (Å²) in [4.78, 5) is 11.8. The Morgan fingerprint density at radius 3 is 2.69 bits per heavy atom. The van der Waals surface area contributed by atoms with Crippen LogP contribution in [0.3, 0.4) is 0 Å². The summed E-state index contributed by atoms with van der Waals surface area (Å²) in [7, 11) is 0. The minimum atomic E-state index is 0.220. The van der Waals surface area contributed by atoms with Crippen molar-refractivity contribution in [1.82, 2.24) is 0 Å². The van der Waals surface area contributed by atoms with Crippen molar-refractivity contribution < 1.29 is 9.90 Å². The molecular formula is C14H26O2. The third kappa shape index (κ3) is 2.32. The minimum absolute atomic E-state index is 0.220. The fourth-order valence-corrected chi connectivity index (χ4v) is 3.67. The van der Waals surface area contributed by atoms with Gasteiger partial charge in [0, 0.05) is 18.9 Å². The molecule has 0 aromatic rings. The van der Waals surface area contributed by atoms with Gasteiger partial charge in [0.1, 0.15) is 5.78 Å². The Bertz CT molecular complexity index is 237. The summed E-state index contributed by atoms with van der Waals surface area (Å²) >= 11 is 0. The monoisotopic (exact) mass is 226 g/mol. The Morgan fingerprint density at radius 1 is 1.38 bits per heavy atom. The molecule has 0 radical (unpaired) electrons. The predicted molar refractivity (Wildman–Crippen MR) is 66.2 cm³/mol. The Kier molecular flexibility index (Phi) is 4.97. The first-order valence-corrected chi connectivity index (χ1v) is 6.82. The quantitative estimate of drug-likeness (QED) is 0.785. The van der Waals surface area contributed by atoms with Crippen LogP contribution in [0.15, 0.2) is 0 Å². The summed E-state index contributed by atoms with van der Waals surface area (Å²) in [6.07, 6.45) is 6.15. The summed E-state index contributed by atoms with van der Waals surface area (Å²) in [6.45, 7) is 6.54. The van der Waals surface area contributed by atoms with Crippen molar-refractivity contribution in [1.29, 1.82) is 0 Å². The highest BCUT2D eigenvalue weighted by Gasteiger charge is 2.50. The summed E-state index contributed by atoms with van der Waals surface area (Å²) in [6, 6.07) is 0. The number of aliphatic hydroxyl groups is 1. The molecule has 3 atom stereocenters. The van der Waals surface area contributed by atoms with Gasteiger partial charge in [-0.1, -0.05) is 20.8 Å². The lowest BCUT2D eigenvalue weighted by Crippen LogP contribution is -2.37. The van der Waals surface area contributed by atoms with Crippen molar-refractivity contribution in [3.05, 3.63) is 0 Å². The molecule has 0 amide bonds. The van der Waals surface area contributed by atoms with Crippen LogP contribution in [0.25, 0.3) is 0 Å². The third-order valence-corrected chi connectivity index (χ3v) is 4.54. The molecule has 2 aliphatic rings. The number of ketones is 1. The maximum Gasteiger partial charge on any atom is 0.136 e. The van der Waals surface area contributed by atoms with Gasteiger partial charge in [-0.25, -0.2) is 0 Å². The lowest BCUT2D eigenvalue weighted by atomic mass is 9.64. The molecule has 0 aromatic heterocycles. The van der Waals surface area contributed by atoms with Gasteiger partial charge < -0.3 is 5.11 Å². The van der Waals surface area contributed by atoms with E-state index in [-0.39, 0.29) is 12.0 Å². The van der Waals surface area contributed by atoms with Crippen LogP contribution in [0.2, 0.25) is 0 Å². The number of aliphatic hydroxyl groups excluding tert-OH is 1. The first-order valence-electron chi connectivity index (χ1n) is 6.82. The van der Waals surface area contributed by atoms with E-state index >= 15 is 0 Å². The van der Waals surface area contributed by atoms with Crippen molar-refractivity contribution in [2.75, 3.05) is 6.61 Å². The lowest BCUT2D eigenvalue weighted by molar-refractivity contribution is -0.129. The summed E-state index contributed by atoms with van der Waals surface area (Å²) < 4.78 is 0. The van der Waals surface area contributed by atoms with Crippen LogP contribution in [0.4, 0.5) is 0 Å². The molecule has 1 N–H and O–H groups in total. The number of carbonyl (C=O) groups excluding carboxylic acids is 1. The van der Waals surface area contributed by atoms with E-state index in [1.165, 1.54) is 6.42 Å². The fourth-order valence-electron chi connectivity index (χ4n) is 3.67. The highest BCUT2D eigenvalue weighted by Crippen LogP contribution is 2.55. The van der Waals surface area contributed by atoms with Gasteiger partial charge in [0.25, 0.3) is 0 Å². The Balaban J connectivity index is 0.000000606. The Hall–Kier alpha value is -0.370. The maximum absolute atomic E-state index is 11.8. The number of hydrogen-bond acceptors (Lipinski definition) is 2. The lowest BCUT2D eigenvalue weighted by Gasteiger charge is -2.39. The summed E-state index contributed by atoms with van der Waals surface area (Å²) in [5, 5.41) is 9.01. The molecule has 94 valence electrons. The van der Waals surface area contributed by atoms with E-state index in [9.17, 15) is 4.79 Å². The van der Waals surface area contributed by atoms with Gasteiger partial charge >= 0.3 is 0 Å². The van der Waals surface area contributed by atoms with Crippen LogP contribution in [0.1, 0.15) is 59.3 Å². The number of Topliss-reactive ketones (excluding diaryl/α,β-unsaturated/α-hetero) is 1. The number of fused-ring (bicyclic) bond motifs is 1. The molecule has 0 bridgehead atoms. The van der Waals surface area contributed by atoms with Crippen LogP contribution >= 0.6 is 0 Å². The van der Waals surface area contributed by atoms with Crippen LogP contribution in [-0.2, 0) is 4.79 Å². The molecule has 2 saturated carbocycles. The zero-order valence-electron chi connectivity index (χ0n) is 11.0. The maximum atomic E-state index is 11.8. The van der Waals surface area contributed by atoms with Crippen molar-refractivity contribution in [2.24, 2.45) is 17.3 Å². The van der Waals surface area contributed by atoms with E-state index in [1.807, 2.05) is 13.8 Å². The van der Waals surface area contributed by atoms with Crippen molar-refractivity contribution in [3.63, 3.8) is 0 Å². The van der Waals surface area contributed by atoms with E-state index in [4.69, 9.17) is 5.11 Å². The molecule has 2 fully saturated rings. The van der Waals surface area contributed by atoms with Crippen LogP contribution in [-0.4, -0.2) is 17.5 Å². The molecule has 0 spiro atoms. The van der Waals surface area contributed by atoms with Crippen LogP contribution in [0, 0.1) is 17.3 Å². The highest BCUT2D eigenvalue weighted by atomic mass is 16.3. The third-order valence-electron chi connectivity index (χ3n) is 4.54. The van der Waals surface area contributed by atoms with Crippen molar-refractivity contribution >= 4 is 5.78 Å². The van der Waals surface area contributed by atoms with E-state index < -0.39 is 0 Å². The Morgan fingerprint density at radius 2 is 2.06 bits per heavy atom. The summed E-state index contributed by atoms with van der Waals surface area (Å²) in [5.41, 5.74) is 0.220. The SMILES string of the molecule is CC.CC12CCCC(=O)C1CCC2CCO. The molecule has 0 aromatic carbocycles. The zero-order valence-corrected chi connectivity index (χ0v) is 11.0. The first-order chi connectivity index (χ1) is 7.68. The predicted octanol–water partition coefficient (Wildman–Crippen LogP) is 3.18. The molecule has 2 nitrogen and oxygen atoms in total. The smallest absolute Gasteiger partial charge is 0.136 e. The molecule has 0 saturated heterocycles. The van der Waals surface area contributed by atoms with Crippen molar-refractivity contribution in [2.45, 2.75) is 59.3 Å².